The van der Waals surface area contributed by atoms with Gasteiger partial charge in [-0.2, -0.15) is 0 Å². The lowest BCUT2D eigenvalue weighted by Crippen LogP contribution is -2.45. The Morgan fingerprint density at radius 2 is 2.15 bits per heavy atom. The third-order valence-electron chi connectivity index (χ3n) is 2.08. The van der Waals surface area contributed by atoms with Gasteiger partial charge in [-0.3, -0.25) is 0 Å². The number of aliphatic hydroxyl groups excluding tert-OH is 1. The highest BCUT2D eigenvalue weighted by Crippen LogP contribution is 2.04. The molecule has 0 radical (unpaired) electrons. The number of aliphatic hydroxyl groups is 1. The number of hydrogen-bond donors (Lipinski definition) is 3. The second kappa shape index (κ2) is 4.97. The molecule has 0 saturated heterocycles. The summed E-state index contributed by atoms with van der Waals surface area (Å²) < 4.78 is 4.64. The first kappa shape index (κ1) is 12.1. The minimum atomic E-state index is -0.255. The lowest BCUT2D eigenvalue weighted by molar-refractivity contribution is 0.128. The highest BCUT2D eigenvalue weighted by molar-refractivity contribution is 4.98. The monoisotopic (exact) mass is 188 g/mol. The zero-order valence-electron chi connectivity index (χ0n) is 8.85. The molecular formula is C9H20N2O2. The Kier molecular flexibility index (Phi) is 4.62. The topological polar surface area (TPSA) is 67.5 Å². The van der Waals surface area contributed by atoms with Crippen LogP contribution < -0.4 is 11.1 Å². The zero-order valence-corrected chi connectivity index (χ0v) is 8.85. The van der Waals surface area contributed by atoms with E-state index in [0.717, 1.165) is 6.42 Å². The molecular weight excluding hydrogens is 168 g/mol. The van der Waals surface area contributed by atoms with Crippen molar-refractivity contribution in [3.63, 3.8) is 0 Å². The first-order valence-corrected chi connectivity index (χ1v) is 4.39. The normalized spacial score (nSPS) is 17.3. The molecule has 4 N–H and O–H groups in total. The van der Waals surface area contributed by atoms with Crippen LogP contribution in [-0.2, 0) is 4.74 Å². The first-order valence-electron chi connectivity index (χ1n) is 4.39. The van der Waals surface area contributed by atoms with Crippen LogP contribution in [0.3, 0.4) is 0 Å². The summed E-state index contributed by atoms with van der Waals surface area (Å²) in [6.45, 7) is 6.33. The van der Waals surface area contributed by atoms with Crippen LogP contribution in [-0.4, -0.2) is 24.3 Å². The predicted molar refractivity (Wildman–Crippen MR) is 53.2 cm³/mol. The number of nitrogens with two attached hydrogens (primary N) is 1. The van der Waals surface area contributed by atoms with Crippen molar-refractivity contribution in [3.8, 4) is 0 Å². The van der Waals surface area contributed by atoms with Gasteiger partial charge in [-0.25, -0.2) is 0 Å². The number of nitrogens with one attached hydrogen (secondary N) is 1. The van der Waals surface area contributed by atoms with E-state index in [9.17, 15) is 0 Å². The molecule has 13 heavy (non-hydrogen) atoms. The summed E-state index contributed by atoms with van der Waals surface area (Å²) in [4.78, 5) is 0. The number of hydrogen-bond acceptors (Lipinski definition) is 4. The Bertz CT molecular complexity index is 188. The Morgan fingerprint density at radius 3 is 2.54 bits per heavy atom. The minimum Gasteiger partial charge on any atom is -0.480 e. The van der Waals surface area contributed by atoms with Crippen molar-refractivity contribution in [1.82, 2.24) is 5.32 Å². The maximum Gasteiger partial charge on any atom is 0.296 e. The molecule has 0 amide bonds. The summed E-state index contributed by atoms with van der Waals surface area (Å²) in [6, 6.07) is 0. The van der Waals surface area contributed by atoms with Crippen molar-refractivity contribution in [1.29, 1.82) is 0 Å². The van der Waals surface area contributed by atoms with Crippen molar-refractivity contribution >= 4 is 0 Å². The molecule has 1 unspecified atom stereocenters. The van der Waals surface area contributed by atoms with Crippen molar-refractivity contribution in [2.45, 2.75) is 32.7 Å². The minimum absolute atomic E-state index is 0.0908. The van der Waals surface area contributed by atoms with E-state index in [2.05, 4.69) is 10.1 Å². The summed E-state index contributed by atoms with van der Waals surface area (Å²) in [7, 11) is 1.42. The molecule has 0 aromatic carbocycles. The van der Waals surface area contributed by atoms with Crippen molar-refractivity contribution in [2.75, 3.05) is 13.7 Å². The second-order valence-electron chi connectivity index (χ2n) is 3.50. The number of rotatable bonds is 5. The number of methoxy groups -OCH3 is 1. The summed E-state index contributed by atoms with van der Waals surface area (Å²) in [5.41, 5.74) is 6.25. The largest absolute Gasteiger partial charge is 0.480 e. The van der Waals surface area contributed by atoms with Crippen LogP contribution in [0.2, 0.25) is 0 Å². The van der Waals surface area contributed by atoms with Gasteiger partial charge < -0.3 is 20.9 Å². The molecule has 4 nitrogen and oxygen atoms in total. The summed E-state index contributed by atoms with van der Waals surface area (Å²) in [5.74, 6) is -0.0908. The smallest absolute Gasteiger partial charge is 0.296 e. The maximum atomic E-state index is 9.15. The molecule has 78 valence electrons. The van der Waals surface area contributed by atoms with Gasteiger partial charge in [0, 0.05) is 12.1 Å². The molecule has 1 atom stereocenters. The molecule has 0 aromatic rings. The van der Waals surface area contributed by atoms with Crippen LogP contribution in [0.1, 0.15) is 27.2 Å². The molecule has 0 aromatic heterocycles. The molecule has 4 heteroatoms. The van der Waals surface area contributed by atoms with E-state index in [1.165, 1.54) is 7.11 Å². The van der Waals surface area contributed by atoms with Crippen molar-refractivity contribution in [3.05, 3.63) is 11.6 Å². The summed E-state index contributed by atoms with van der Waals surface area (Å²) in [5, 5.41) is 12.2. The van der Waals surface area contributed by atoms with Gasteiger partial charge >= 0.3 is 0 Å². The quantitative estimate of drug-likeness (QED) is 0.565. The van der Waals surface area contributed by atoms with Crippen LogP contribution in [0.15, 0.2) is 11.6 Å². The van der Waals surface area contributed by atoms with E-state index in [0.29, 0.717) is 12.2 Å². The Hall–Kier alpha value is -0.900. The van der Waals surface area contributed by atoms with E-state index < -0.39 is 0 Å². The van der Waals surface area contributed by atoms with Crippen LogP contribution in [0.4, 0.5) is 0 Å². The molecule has 0 bridgehead atoms. The standard InChI is InChI=1S/C9H20N2O2/c1-5-9(3,10)6-11-7(2)8(12)13-4/h11-12H,5-6,10H2,1-4H3/b8-7-. The predicted octanol–water partition coefficient (Wildman–Crippen LogP) is 1.10. The molecule has 0 spiro atoms. The lowest BCUT2D eigenvalue weighted by Gasteiger charge is -2.23. The molecule has 0 fully saturated rings. The van der Waals surface area contributed by atoms with E-state index in [1.54, 1.807) is 6.92 Å². The fraction of sp³-hybridized carbons (Fsp3) is 0.778. The Labute approximate surface area is 79.8 Å². The van der Waals surface area contributed by atoms with Gasteiger partial charge in [0.2, 0.25) is 0 Å². The zero-order chi connectivity index (χ0) is 10.5. The van der Waals surface area contributed by atoms with Gasteiger partial charge in [0.05, 0.1) is 12.8 Å². The van der Waals surface area contributed by atoms with Gasteiger partial charge in [-0.05, 0) is 20.3 Å². The fourth-order valence-corrected chi connectivity index (χ4v) is 0.688. The molecule has 0 aliphatic rings. The summed E-state index contributed by atoms with van der Waals surface area (Å²) in [6.07, 6.45) is 0.876. The van der Waals surface area contributed by atoms with E-state index in [4.69, 9.17) is 10.8 Å². The molecule has 0 aliphatic carbocycles. The molecule has 0 rings (SSSR count). The van der Waals surface area contributed by atoms with Gasteiger partial charge in [-0.1, -0.05) is 6.92 Å². The second-order valence-corrected chi connectivity index (χ2v) is 3.50. The highest BCUT2D eigenvalue weighted by atomic mass is 16.6. The average molecular weight is 188 g/mol. The van der Waals surface area contributed by atoms with Crippen LogP contribution >= 0.6 is 0 Å². The Morgan fingerprint density at radius 1 is 1.62 bits per heavy atom. The highest BCUT2D eigenvalue weighted by Gasteiger charge is 2.15. The van der Waals surface area contributed by atoms with Gasteiger partial charge in [0.1, 0.15) is 0 Å². The van der Waals surface area contributed by atoms with Gasteiger partial charge in [0.25, 0.3) is 5.95 Å². The van der Waals surface area contributed by atoms with Crippen LogP contribution in [0.25, 0.3) is 0 Å². The third-order valence-corrected chi connectivity index (χ3v) is 2.08. The Balaban J connectivity index is 4.03. The van der Waals surface area contributed by atoms with E-state index in [1.807, 2.05) is 13.8 Å². The molecule has 0 heterocycles. The average Bonchev–Trinajstić information content (AvgIpc) is 2.13. The van der Waals surface area contributed by atoms with Crippen LogP contribution in [0, 0.1) is 0 Å². The lowest BCUT2D eigenvalue weighted by atomic mass is 10.0. The van der Waals surface area contributed by atoms with Gasteiger partial charge in [0.15, 0.2) is 0 Å². The van der Waals surface area contributed by atoms with Crippen molar-refractivity contribution < 1.29 is 9.84 Å². The van der Waals surface area contributed by atoms with E-state index in [-0.39, 0.29) is 11.5 Å². The summed E-state index contributed by atoms with van der Waals surface area (Å²) >= 11 is 0. The maximum absolute atomic E-state index is 9.15. The molecule has 0 saturated carbocycles. The van der Waals surface area contributed by atoms with Crippen LogP contribution in [0.5, 0.6) is 0 Å². The van der Waals surface area contributed by atoms with E-state index >= 15 is 0 Å². The van der Waals surface area contributed by atoms with Gasteiger partial charge in [-0.15, -0.1) is 0 Å². The van der Waals surface area contributed by atoms with Crippen molar-refractivity contribution in [2.24, 2.45) is 5.73 Å². The molecule has 0 aliphatic heterocycles. The number of ether oxygens (including phenoxy) is 1. The first-order chi connectivity index (χ1) is 5.93. The number of allylic oxidation sites excluding steroid dienone is 1. The SMILES string of the molecule is CCC(C)(N)CN/C(C)=C(/O)OC. The fourth-order valence-electron chi connectivity index (χ4n) is 0.688. The third kappa shape index (κ3) is 4.62.